The number of hydrogen-bond donors (Lipinski definition) is 0. The molecule has 0 saturated heterocycles. The Hall–Kier alpha value is -1.70. The van der Waals surface area contributed by atoms with Crippen LogP contribution in [-0.4, -0.2) is 15.5 Å². The molecule has 0 saturated carbocycles. The molecule has 0 aliphatic heterocycles. The van der Waals surface area contributed by atoms with Crippen LogP contribution in [0.3, 0.4) is 0 Å². The van der Waals surface area contributed by atoms with E-state index in [9.17, 15) is 9.59 Å². The van der Waals surface area contributed by atoms with E-state index in [1.165, 1.54) is 22.2 Å². The van der Waals surface area contributed by atoms with Crippen LogP contribution >= 0.6 is 38.9 Å². The summed E-state index contributed by atoms with van der Waals surface area (Å²) in [6.45, 7) is 0.210. The van der Waals surface area contributed by atoms with Gasteiger partial charge in [0.05, 0.1) is 22.6 Å². The van der Waals surface area contributed by atoms with Crippen LogP contribution in [0.25, 0.3) is 10.2 Å². The minimum absolute atomic E-state index is 0.0618. The van der Waals surface area contributed by atoms with Gasteiger partial charge >= 0.3 is 5.97 Å². The Kier molecular flexibility index (Phi) is 4.79. The molecule has 2 heterocycles. The summed E-state index contributed by atoms with van der Waals surface area (Å²) in [7, 11) is 0. The Morgan fingerprint density at radius 2 is 2.22 bits per heavy atom. The van der Waals surface area contributed by atoms with E-state index in [2.05, 4.69) is 20.9 Å². The van der Waals surface area contributed by atoms with Crippen LogP contribution in [0.5, 0.6) is 5.75 Å². The van der Waals surface area contributed by atoms with Crippen molar-refractivity contribution in [2.75, 3.05) is 0 Å². The van der Waals surface area contributed by atoms with Gasteiger partial charge in [-0.05, 0) is 45.6 Å². The maximum absolute atomic E-state index is 12.2. The molecule has 2 aromatic heterocycles. The first-order valence-electron chi connectivity index (χ1n) is 6.63. The van der Waals surface area contributed by atoms with E-state index in [1.54, 1.807) is 24.3 Å². The van der Waals surface area contributed by atoms with E-state index in [0.717, 1.165) is 0 Å². The molecule has 0 bridgehead atoms. The van der Waals surface area contributed by atoms with Gasteiger partial charge in [0.15, 0.2) is 0 Å². The number of carbonyl (C=O) groups is 1. The second-order valence-electron chi connectivity index (χ2n) is 4.68. The number of carbonyl (C=O) groups excluding carboxylic acids is 1. The number of hydrogen-bond acceptors (Lipinski definition) is 5. The highest BCUT2D eigenvalue weighted by Crippen LogP contribution is 2.28. The van der Waals surface area contributed by atoms with Crippen molar-refractivity contribution in [1.29, 1.82) is 0 Å². The minimum atomic E-state index is -0.440. The standard InChI is InChI=1S/C15H10BrClN2O3S/c16-11-7-9(17)1-2-12(11)22-13(20)3-5-19-8-18-14-10(15(19)21)4-6-23-14/h1-2,4,6-8H,3,5H2. The summed E-state index contributed by atoms with van der Waals surface area (Å²) in [6, 6.07) is 6.61. The zero-order valence-corrected chi connectivity index (χ0v) is 14.8. The largest absolute Gasteiger partial charge is 0.425 e. The van der Waals surface area contributed by atoms with Gasteiger partial charge in [0.1, 0.15) is 10.6 Å². The summed E-state index contributed by atoms with van der Waals surface area (Å²) in [5.41, 5.74) is -0.156. The Morgan fingerprint density at radius 3 is 3.00 bits per heavy atom. The van der Waals surface area contributed by atoms with Crippen LogP contribution in [0, 0.1) is 0 Å². The lowest BCUT2D eigenvalue weighted by molar-refractivity contribution is -0.134. The first-order chi connectivity index (χ1) is 11.0. The summed E-state index contributed by atoms with van der Waals surface area (Å²) in [4.78, 5) is 29.0. The fraction of sp³-hybridized carbons (Fsp3) is 0.133. The maximum Gasteiger partial charge on any atom is 0.313 e. The fourth-order valence-electron chi connectivity index (χ4n) is 2.00. The Morgan fingerprint density at radius 1 is 1.39 bits per heavy atom. The predicted octanol–water partition coefficient (Wildman–Crippen LogP) is 3.87. The lowest BCUT2D eigenvalue weighted by Crippen LogP contribution is -2.22. The van der Waals surface area contributed by atoms with Crippen molar-refractivity contribution in [2.45, 2.75) is 13.0 Å². The lowest BCUT2D eigenvalue weighted by atomic mass is 10.3. The number of esters is 1. The smallest absolute Gasteiger partial charge is 0.313 e. The van der Waals surface area contributed by atoms with E-state index in [4.69, 9.17) is 16.3 Å². The molecular weight excluding hydrogens is 404 g/mol. The molecule has 5 nitrogen and oxygen atoms in total. The van der Waals surface area contributed by atoms with Crippen molar-refractivity contribution >= 4 is 55.1 Å². The fourth-order valence-corrected chi connectivity index (χ4v) is 3.48. The van der Waals surface area contributed by atoms with Crippen molar-refractivity contribution in [3.63, 3.8) is 0 Å². The zero-order valence-electron chi connectivity index (χ0n) is 11.7. The molecule has 0 spiro atoms. The number of nitrogens with zero attached hydrogens (tertiary/aromatic N) is 2. The quantitative estimate of drug-likeness (QED) is 0.481. The molecule has 0 aliphatic carbocycles. The minimum Gasteiger partial charge on any atom is -0.425 e. The molecule has 8 heteroatoms. The van der Waals surface area contributed by atoms with Gasteiger partial charge in [-0.1, -0.05) is 11.6 Å². The normalized spacial score (nSPS) is 10.9. The average Bonchev–Trinajstić information content (AvgIpc) is 2.99. The van der Waals surface area contributed by atoms with Gasteiger partial charge in [-0.3, -0.25) is 14.2 Å². The number of aromatic nitrogens is 2. The molecule has 0 aliphatic rings. The molecule has 23 heavy (non-hydrogen) atoms. The SMILES string of the molecule is O=C(CCn1cnc2sccc2c1=O)Oc1ccc(Cl)cc1Br. The van der Waals surface area contributed by atoms with Gasteiger partial charge in [-0.15, -0.1) is 11.3 Å². The third-order valence-corrected chi connectivity index (χ3v) is 4.80. The number of benzene rings is 1. The third-order valence-electron chi connectivity index (χ3n) is 3.12. The number of rotatable bonds is 4. The van der Waals surface area contributed by atoms with E-state index in [1.807, 2.05) is 5.38 Å². The summed E-state index contributed by atoms with van der Waals surface area (Å²) in [6.07, 6.45) is 1.51. The summed E-state index contributed by atoms with van der Waals surface area (Å²) in [5.74, 6) is -0.0523. The van der Waals surface area contributed by atoms with Crippen LogP contribution < -0.4 is 10.3 Å². The van der Waals surface area contributed by atoms with Gasteiger partial charge in [0.25, 0.3) is 5.56 Å². The van der Waals surface area contributed by atoms with Crippen molar-refractivity contribution in [2.24, 2.45) is 0 Å². The lowest BCUT2D eigenvalue weighted by Gasteiger charge is -2.08. The van der Waals surface area contributed by atoms with Gasteiger partial charge in [0.2, 0.25) is 0 Å². The molecular formula is C15H10BrClN2O3S. The summed E-state index contributed by atoms with van der Waals surface area (Å²) < 4.78 is 7.26. The first-order valence-corrected chi connectivity index (χ1v) is 8.68. The highest BCUT2D eigenvalue weighted by molar-refractivity contribution is 9.10. The second kappa shape index (κ2) is 6.82. The molecule has 0 amide bonds. The van der Waals surface area contributed by atoms with Crippen LogP contribution in [0.4, 0.5) is 0 Å². The van der Waals surface area contributed by atoms with Gasteiger partial charge in [-0.25, -0.2) is 4.98 Å². The first kappa shape index (κ1) is 16.2. The number of aryl methyl sites for hydroxylation is 1. The molecule has 0 unspecified atom stereocenters. The highest BCUT2D eigenvalue weighted by Gasteiger charge is 2.11. The van der Waals surface area contributed by atoms with E-state index < -0.39 is 5.97 Å². The monoisotopic (exact) mass is 412 g/mol. The number of halogens is 2. The van der Waals surface area contributed by atoms with Crippen LogP contribution in [0.2, 0.25) is 5.02 Å². The molecule has 0 radical (unpaired) electrons. The van der Waals surface area contributed by atoms with Crippen LogP contribution in [0.1, 0.15) is 6.42 Å². The highest BCUT2D eigenvalue weighted by atomic mass is 79.9. The molecule has 0 N–H and O–H groups in total. The zero-order chi connectivity index (χ0) is 16.4. The third kappa shape index (κ3) is 3.63. The van der Waals surface area contributed by atoms with Gasteiger partial charge < -0.3 is 4.74 Å². The maximum atomic E-state index is 12.2. The summed E-state index contributed by atoms with van der Waals surface area (Å²) >= 11 is 10.5. The molecule has 118 valence electrons. The molecule has 3 aromatic rings. The van der Waals surface area contributed by atoms with Crippen molar-refractivity contribution in [1.82, 2.24) is 9.55 Å². The predicted molar refractivity (Wildman–Crippen MR) is 93.3 cm³/mol. The topological polar surface area (TPSA) is 61.2 Å². The molecule has 0 atom stereocenters. The Balaban J connectivity index is 1.68. The van der Waals surface area contributed by atoms with Crippen molar-refractivity contribution in [3.05, 3.63) is 55.8 Å². The Labute approximate surface area is 148 Å². The second-order valence-corrected chi connectivity index (χ2v) is 6.87. The molecule has 0 fully saturated rings. The van der Waals surface area contributed by atoms with Crippen molar-refractivity contribution in [3.8, 4) is 5.75 Å². The van der Waals surface area contributed by atoms with Gasteiger partial charge in [0, 0.05) is 11.6 Å². The number of ether oxygens (including phenoxy) is 1. The van der Waals surface area contributed by atoms with E-state index in [-0.39, 0.29) is 18.5 Å². The van der Waals surface area contributed by atoms with Crippen LogP contribution in [-0.2, 0) is 11.3 Å². The number of thiophene rings is 1. The Bertz CT molecular complexity index is 938. The van der Waals surface area contributed by atoms with Gasteiger partial charge in [-0.2, -0.15) is 0 Å². The average molecular weight is 414 g/mol. The van der Waals surface area contributed by atoms with E-state index in [0.29, 0.717) is 25.5 Å². The summed E-state index contributed by atoms with van der Waals surface area (Å²) in [5, 5.41) is 2.92. The molecule has 1 aromatic carbocycles. The number of fused-ring (bicyclic) bond motifs is 1. The van der Waals surface area contributed by atoms with Crippen molar-refractivity contribution < 1.29 is 9.53 Å². The van der Waals surface area contributed by atoms with Crippen LogP contribution in [0.15, 0.2) is 45.2 Å². The van der Waals surface area contributed by atoms with E-state index >= 15 is 0 Å². The molecule has 3 rings (SSSR count).